The van der Waals surface area contributed by atoms with Crippen LogP contribution in [0.4, 0.5) is 0 Å². The quantitative estimate of drug-likeness (QED) is 0.602. The fourth-order valence-corrected chi connectivity index (χ4v) is 3.94. The molecule has 3 aromatic rings. The molecule has 3 heteroatoms. The molecule has 0 atom stereocenters. The van der Waals surface area contributed by atoms with Gasteiger partial charge in [0.1, 0.15) is 0 Å². The maximum absolute atomic E-state index is 4.28. The molecule has 25 heavy (non-hydrogen) atoms. The van der Waals surface area contributed by atoms with Crippen molar-refractivity contribution in [2.45, 2.75) is 45.1 Å². The van der Waals surface area contributed by atoms with Gasteiger partial charge in [-0.25, -0.2) is 4.98 Å². The van der Waals surface area contributed by atoms with Crippen molar-refractivity contribution in [1.82, 2.24) is 15.3 Å². The Hall–Kier alpha value is -2.13. The van der Waals surface area contributed by atoms with Crippen LogP contribution >= 0.6 is 0 Å². The second-order valence-corrected chi connectivity index (χ2v) is 7.30. The third kappa shape index (κ3) is 4.10. The SMILES string of the molecule is c1nc2ccc(-c3ccc(CNCCC4CCCCC4)cc3)cc2[nH]1. The first-order valence-corrected chi connectivity index (χ1v) is 9.62. The van der Waals surface area contributed by atoms with Gasteiger partial charge < -0.3 is 10.3 Å². The number of benzene rings is 2. The standard InChI is InChI=1S/C22H27N3/c1-2-4-17(5-3-1)12-13-23-15-18-6-8-19(9-7-18)20-10-11-21-22(14-20)25-16-24-21/h6-11,14,16-17,23H,1-5,12-13,15H2,(H,24,25). The van der Waals surface area contributed by atoms with Gasteiger partial charge in [0.15, 0.2) is 0 Å². The number of rotatable bonds is 6. The van der Waals surface area contributed by atoms with Crippen LogP contribution in [0.1, 0.15) is 44.1 Å². The predicted molar refractivity (Wildman–Crippen MR) is 104 cm³/mol. The lowest BCUT2D eigenvalue weighted by Crippen LogP contribution is -2.19. The van der Waals surface area contributed by atoms with Crippen molar-refractivity contribution in [3.63, 3.8) is 0 Å². The molecule has 4 rings (SSSR count). The molecular weight excluding hydrogens is 306 g/mol. The number of aromatic nitrogens is 2. The number of fused-ring (bicyclic) bond motifs is 1. The third-order valence-corrected chi connectivity index (χ3v) is 5.49. The Balaban J connectivity index is 1.30. The normalized spacial score (nSPS) is 15.7. The van der Waals surface area contributed by atoms with Crippen LogP contribution in [0.25, 0.3) is 22.2 Å². The molecule has 0 saturated heterocycles. The molecule has 0 spiro atoms. The van der Waals surface area contributed by atoms with Crippen LogP contribution in [0, 0.1) is 5.92 Å². The van der Waals surface area contributed by atoms with Crippen molar-refractivity contribution in [3.8, 4) is 11.1 Å². The summed E-state index contributed by atoms with van der Waals surface area (Å²) < 4.78 is 0. The van der Waals surface area contributed by atoms with Gasteiger partial charge in [0.05, 0.1) is 17.4 Å². The fourth-order valence-electron chi connectivity index (χ4n) is 3.94. The molecule has 3 nitrogen and oxygen atoms in total. The first-order valence-electron chi connectivity index (χ1n) is 9.62. The summed E-state index contributed by atoms with van der Waals surface area (Å²) >= 11 is 0. The third-order valence-electron chi connectivity index (χ3n) is 5.49. The lowest BCUT2D eigenvalue weighted by Gasteiger charge is -2.21. The zero-order chi connectivity index (χ0) is 16.9. The molecule has 1 heterocycles. The minimum atomic E-state index is 0.959. The van der Waals surface area contributed by atoms with Crippen LogP contribution in [0.5, 0.6) is 0 Å². The number of hydrogen-bond acceptors (Lipinski definition) is 2. The molecule has 1 saturated carbocycles. The Morgan fingerprint density at radius 2 is 1.76 bits per heavy atom. The van der Waals surface area contributed by atoms with Crippen molar-refractivity contribution in [1.29, 1.82) is 0 Å². The van der Waals surface area contributed by atoms with Crippen LogP contribution in [-0.2, 0) is 6.54 Å². The van der Waals surface area contributed by atoms with Gasteiger partial charge in [0, 0.05) is 6.54 Å². The minimum absolute atomic E-state index is 0.959. The van der Waals surface area contributed by atoms with E-state index in [-0.39, 0.29) is 0 Å². The molecule has 0 radical (unpaired) electrons. The van der Waals surface area contributed by atoms with Gasteiger partial charge in [-0.15, -0.1) is 0 Å². The highest BCUT2D eigenvalue weighted by Gasteiger charge is 2.12. The first kappa shape index (κ1) is 16.3. The molecular formula is C22H27N3. The van der Waals surface area contributed by atoms with Crippen molar-refractivity contribution in [3.05, 3.63) is 54.4 Å². The average molecular weight is 333 g/mol. The van der Waals surface area contributed by atoms with E-state index in [1.54, 1.807) is 6.33 Å². The second kappa shape index (κ2) is 7.83. The largest absolute Gasteiger partial charge is 0.345 e. The summed E-state index contributed by atoms with van der Waals surface area (Å²) in [6.07, 6.45) is 10.3. The second-order valence-electron chi connectivity index (χ2n) is 7.30. The molecule has 2 N–H and O–H groups in total. The average Bonchev–Trinajstić information content (AvgIpc) is 3.14. The topological polar surface area (TPSA) is 40.7 Å². The van der Waals surface area contributed by atoms with E-state index >= 15 is 0 Å². The lowest BCUT2D eigenvalue weighted by molar-refractivity contribution is 0.334. The summed E-state index contributed by atoms with van der Waals surface area (Å²) in [6, 6.07) is 15.3. The van der Waals surface area contributed by atoms with Crippen LogP contribution in [0.15, 0.2) is 48.8 Å². The number of aromatic amines is 1. The molecule has 130 valence electrons. The molecule has 0 amide bonds. The first-order chi connectivity index (χ1) is 12.4. The van der Waals surface area contributed by atoms with E-state index in [1.165, 1.54) is 55.2 Å². The molecule has 1 aliphatic carbocycles. The molecule has 2 aromatic carbocycles. The molecule has 1 aliphatic rings. The Morgan fingerprint density at radius 1 is 0.960 bits per heavy atom. The molecule has 1 fully saturated rings. The highest BCUT2D eigenvalue weighted by molar-refractivity contribution is 5.81. The Labute approximate surface area is 149 Å². The van der Waals surface area contributed by atoms with Gasteiger partial charge in [0.2, 0.25) is 0 Å². The summed E-state index contributed by atoms with van der Waals surface area (Å²) in [5, 5.41) is 3.62. The van der Waals surface area contributed by atoms with E-state index in [0.29, 0.717) is 0 Å². The summed E-state index contributed by atoms with van der Waals surface area (Å²) in [5.74, 6) is 0.959. The van der Waals surface area contributed by atoms with Gasteiger partial charge in [-0.1, -0.05) is 62.4 Å². The fraction of sp³-hybridized carbons (Fsp3) is 0.409. The van der Waals surface area contributed by atoms with E-state index in [0.717, 1.165) is 30.0 Å². The zero-order valence-electron chi connectivity index (χ0n) is 14.8. The van der Waals surface area contributed by atoms with Gasteiger partial charge >= 0.3 is 0 Å². The van der Waals surface area contributed by atoms with E-state index in [1.807, 2.05) is 0 Å². The van der Waals surface area contributed by atoms with E-state index in [2.05, 4.69) is 57.7 Å². The smallest absolute Gasteiger partial charge is 0.0931 e. The van der Waals surface area contributed by atoms with Gasteiger partial charge in [0.25, 0.3) is 0 Å². The summed E-state index contributed by atoms with van der Waals surface area (Å²) in [7, 11) is 0. The molecule has 0 aliphatic heterocycles. The summed E-state index contributed by atoms with van der Waals surface area (Å²) in [5.41, 5.74) is 5.94. The van der Waals surface area contributed by atoms with Crippen LogP contribution in [0.3, 0.4) is 0 Å². The van der Waals surface area contributed by atoms with Crippen LogP contribution in [-0.4, -0.2) is 16.5 Å². The zero-order valence-corrected chi connectivity index (χ0v) is 14.8. The maximum atomic E-state index is 4.28. The number of hydrogen-bond donors (Lipinski definition) is 2. The van der Waals surface area contributed by atoms with Crippen molar-refractivity contribution < 1.29 is 0 Å². The van der Waals surface area contributed by atoms with E-state index in [4.69, 9.17) is 0 Å². The Bertz CT molecular complexity index is 798. The highest BCUT2D eigenvalue weighted by atomic mass is 14.9. The van der Waals surface area contributed by atoms with Gasteiger partial charge in [-0.3, -0.25) is 0 Å². The monoisotopic (exact) mass is 333 g/mol. The minimum Gasteiger partial charge on any atom is -0.345 e. The number of nitrogens with one attached hydrogen (secondary N) is 2. The number of imidazole rings is 1. The van der Waals surface area contributed by atoms with Crippen molar-refractivity contribution in [2.24, 2.45) is 5.92 Å². The number of nitrogens with zero attached hydrogens (tertiary/aromatic N) is 1. The van der Waals surface area contributed by atoms with Gasteiger partial charge in [-0.2, -0.15) is 0 Å². The Morgan fingerprint density at radius 3 is 2.60 bits per heavy atom. The van der Waals surface area contributed by atoms with E-state index < -0.39 is 0 Å². The maximum Gasteiger partial charge on any atom is 0.0931 e. The van der Waals surface area contributed by atoms with Crippen LogP contribution < -0.4 is 5.32 Å². The Kier molecular flexibility index (Phi) is 5.12. The van der Waals surface area contributed by atoms with Gasteiger partial charge in [-0.05, 0) is 47.7 Å². The summed E-state index contributed by atoms with van der Waals surface area (Å²) in [4.78, 5) is 7.46. The molecule has 0 bridgehead atoms. The molecule has 0 unspecified atom stereocenters. The van der Waals surface area contributed by atoms with Crippen molar-refractivity contribution >= 4 is 11.0 Å². The van der Waals surface area contributed by atoms with E-state index in [9.17, 15) is 0 Å². The summed E-state index contributed by atoms with van der Waals surface area (Å²) in [6.45, 7) is 2.11. The molecule has 1 aromatic heterocycles. The van der Waals surface area contributed by atoms with Crippen LogP contribution in [0.2, 0.25) is 0 Å². The van der Waals surface area contributed by atoms with Crippen molar-refractivity contribution in [2.75, 3.05) is 6.54 Å². The predicted octanol–water partition coefficient (Wildman–Crippen LogP) is 5.29. The lowest BCUT2D eigenvalue weighted by atomic mass is 9.87. The number of H-pyrrole nitrogens is 1. The highest BCUT2D eigenvalue weighted by Crippen LogP contribution is 2.26.